The minimum Gasteiger partial charge on any atom is -0.493 e. The van der Waals surface area contributed by atoms with Crippen molar-refractivity contribution in [3.63, 3.8) is 0 Å². The van der Waals surface area contributed by atoms with E-state index in [1.165, 1.54) is 12.7 Å². The average Bonchev–Trinajstić information content (AvgIpc) is 2.66. The van der Waals surface area contributed by atoms with Gasteiger partial charge in [-0.25, -0.2) is 4.79 Å². The van der Waals surface area contributed by atoms with Gasteiger partial charge in [-0.05, 0) is 35.2 Å². The maximum Gasteiger partial charge on any atom is 0.333 e. The van der Waals surface area contributed by atoms with Gasteiger partial charge in [-0.1, -0.05) is 44.2 Å². The number of ether oxygens (including phenoxy) is 3. The predicted octanol–water partition coefficient (Wildman–Crippen LogP) is 4.30. The Balaban J connectivity index is 1.74. The molecule has 0 bridgehead atoms. The number of hydrogen-bond acceptors (Lipinski definition) is 4. The molecule has 0 saturated carbocycles. The van der Waals surface area contributed by atoms with Gasteiger partial charge in [-0.2, -0.15) is 0 Å². The monoisotopic (exact) mass is 372 g/mol. The molecule has 27 heavy (non-hydrogen) atoms. The van der Waals surface area contributed by atoms with Gasteiger partial charge in [0, 0.05) is 20.0 Å². The molecule has 2 aromatic rings. The van der Waals surface area contributed by atoms with Gasteiger partial charge in [-0.3, -0.25) is 0 Å². The third-order valence-electron chi connectivity index (χ3n) is 4.26. The molecule has 1 N–H and O–H groups in total. The maximum absolute atomic E-state index is 11.0. The second-order valence-electron chi connectivity index (χ2n) is 6.65. The summed E-state index contributed by atoms with van der Waals surface area (Å²) in [6.07, 6.45) is 0.274. The van der Waals surface area contributed by atoms with Gasteiger partial charge < -0.3 is 19.3 Å². The Morgan fingerprint density at radius 2 is 1.67 bits per heavy atom. The van der Waals surface area contributed by atoms with Crippen molar-refractivity contribution < 1.29 is 24.1 Å². The van der Waals surface area contributed by atoms with Crippen LogP contribution in [-0.2, 0) is 16.0 Å². The van der Waals surface area contributed by atoms with Crippen molar-refractivity contribution in [3.05, 3.63) is 59.7 Å². The smallest absolute Gasteiger partial charge is 0.333 e. The number of rotatable bonds is 11. The molecule has 0 fully saturated rings. The Labute approximate surface area is 160 Å². The highest BCUT2D eigenvalue weighted by Crippen LogP contribution is 2.25. The molecule has 0 amide bonds. The molecular weight excluding hydrogens is 344 g/mol. The van der Waals surface area contributed by atoms with Crippen LogP contribution in [0.2, 0.25) is 0 Å². The van der Waals surface area contributed by atoms with E-state index < -0.39 is 12.1 Å². The highest BCUT2D eigenvalue weighted by Gasteiger charge is 2.16. The Bertz CT molecular complexity index is 709. The largest absolute Gasteiger partial charge is 0.493 e. The zero-order valence-corrected chi connectivity index (χ0v) is 16.2. The van der Waals surface area contributed by atoms with Crippen LogP contribution >= 0.6 is 0 Å². The molecule has 0 unspecified atom stereocenters. The molecule has 0 spiro atoms. The standard InChI is InChI=1S/C22H28O5/c1-16(2)19-7-4-5-8-20(19)27-14-6-13-26-18-11-9-17(10-12-18)15-21(25-3)22(23)24/h4-5,7-12,16,21H,6,13-15H2,1-3H3,(H,23,24)/t21-/m0/s1. The number of aliphatic carboxylic acids is 1. The summed E-state index contributed by atoms with van der Waals surface area (Å²) < 4.78 is 16.6. The van der Waals surface area contributed by atoms with Gasteiger partial charge in [0.15, 0.2) is 6.10 Å². The van der Waals surface area contributed by atoms with Crippen LogP contribution in [0.25, 0.3) is 0 Å². The highest BCUT2D eigenvalue weighted by atomic mass is 16.5. The fraction of sp³-hybridized carbons (Fsp3) is 0.409. The SMILES string of the molecule is CO[C@@H](Cc1ccc(OCCCOc2ccccc2C(C)C)cc1)C(=O)O. The molecule has 0 saturated heterocycles. The molecule has 0 aromatic heterocycles. The summed E-state index contributed by atoms with van der Waals surface area (Å²) in [7, 11) is 1.40. The Morgan fingerprint density at radius 1 is 1.00 bits per heavy atom. The Morgan fingerprint density at radius 3 is 2.30 bits per heavy atom. The topological polar surface area (TPSA) is 65.0 Å². The summed E-state index contributed by atoms with van der Waals surface area (Å²) in [5.41, 5.74) is 2.11. The Kier molecular flexibility index (Phi) is 8.14. The van der Waals surface area contributed by atoms with Gasteiger partial charge in [0.1, 0.15) is 11.5 Å². The van der Waals surface area contributed by atoms with E-state index in [2.05, 4.69) is 19.9 Å². The lowest BCUT2D eigenvalue weighted by molar-refractivity contribution is -0.148. The van der Waals surface area contributed by atoms with Crippen molar-refractivity contribution in [2.24, 2.45) is 0 Å². The van der Waals surface area contributed by atoms with E-state index in [1.54, 1.807) is 0 Å². The first-order valence-electron chi connectivity index (χ1n) is 9.20. The molecule has 0 aliphatic heterocycles. The van der Waals surface area contributed by atoms with Crippen molar-refractivity contribution in [2.45, 2.75) is 38.7 Å². The van der Waals surface area contributed by atoms with Crippen molar-refractivity contribution in [2.75, 3.05) is 20.3 Å². The van der Waals surface area contributed by atoms with E-state index in [1.807, 2.05) is 42.5 Å². The van der Waals surface area contributed by atoms with Gasteiger partial charge >= 0.3 is 5.97 Å². The molecule has 0 aliphatic rings. The first-order chi connectivity index (χ1) is 13.0. The molecule has 0 heterocycles. The molecular formula is C22H28O5. The normalized spacial score (nSPS) is 12.0. The molecule has 2 rings (SSSR count). The summed E-state index contributed by atoms with van der Waals surface area (Å²) in [6, 6.07) is 15.5. The Hall–Kier alpha value is -2.53. The lowest BCUT2D eigenvalue weighted by atomic mass is 10.0. The van der Waals surface area contributed by atoms with E-state index in [-0.39, 0.29) is 0 Å². The van der Waals surface area contributed by atoms with Crippen LogP contribution in [0.4, 0.5) is 0 Å². The summed E-state index contributed by atoms with van der Waals surface area (Å²) in [5.74, 6) is 1.15. The number of benzene rings is 2. The van der Waals surface area contributed by atoms with Crippen molar-refractivity contribution in [1.29, 1.82) is 0 Å². The molecule has 5 heteroatoms. The van der Waals surface area contributed by atoms with Crippen LogP contribution in [0.15, 0.2) is 48.5 Å². The molecule has 146 valence electrons. The van der Waals surface area contributed by atoms with Crippen LogP contribution in [0, 0.1) is 0 Å². The fourth-order valence-corrected chi connectivity index (χ4v) is 2.73. The lowest BCUT2D eigenvalue weighted by Crippen LogP contribution is -2.24. The summed E-state index contributed by atoms with van der Waals surface area (Å²) >= 11 is 0. The van der Waals surface area contributed by atoms with E-state index in [0.717, 1.165) is 23.5 Å². The summed E-state index contributed by atoms with van der Waals surface area (Å²) in [4.78, 5) is 11.0. The highest BCUT2D eigenvalue weighted by molar-refractivity contribution is 5.72. The molecule has 2 aromatic carbocycles. The maximum atomic E-state index is 11.0. The first-order valence-corrected chi connectivity index (χ1v) is 9.20. The van der Waals surface area contributed by atoms with Crippen molar-refractivity contribution >= 4 is 5.97 Å². The second-order valence-corrected chi connectivity index (χ2v) is 6.65. The lowest BCUT2D eigenvalue weighted by Gasteiger charge is -2.14. The van der Waals surface area contributed by atoms with Crippen LogP contribution in [0.3, 0.4) is 0 Å². The van der Waals surface area contributed by atoms with E-state index in [4.69, 9.17) is 19.3 Å². The first kappa shape index (κ1) is 20.8. The van der Waals surface area contributed by atoms with E-state index >= 15 is 0 Å². The number of para-hydroxylation sites is 1. The number of carboxylic acids is 1. The molecule has 0 radical (unpaired) electrons. The number of methoxy groups -OCH3 is 1. The molecule has 1 atom stereocenters. The van der Waals surface area contributed by atoms with Gasteiger partial charge in [0.2, 0.25) is 0 Å². The average molecular weight is 372 g/mol. The second kappa shape index (κ2) is 10.6. The zero-order chi connectivity index (χ0) is 19.6. The molecule has 5 nitrogen and oxygen atoms in total. The van der Waals surface area contributed by atoms with Crippen LogP contribution in [0.1, 0.15) is 37.3 Å². The van der Waals surface area contributed by atoms with Gasteiger partial charge in [0.05, 0.1) is 13.2 Å². The summed E-state index contributed by atoms with van der Waals surface area (Å²) in [6.45, 7) is 5.45. The minimum absolute atomic E-state index is 0.329. The van der Waals surface area contributed by atoms with E-state index in [9.17, 15) is 4.79 Å². The third-order valence-corrected chi connectivity index (χ3v) is 4.26. The number of carbonyl (C=O) groups is 1. The zero-order valence-electron chi connectivity index (χ0n) is 16.2. The van der Waals surface area contributed by atoms with Gasteiger partial charge in [-0.15, -0.1) is 0 Å². The van der Waals surface area contributed by atoms with Crippen LogP contribution in [-0.4, -0.2) is 37.5 Å². The summed E-state index contributed by atoms with van der Waals surface area (Å²) in [5, 5.41) is 9.02. The van der Waals surface area contributed by atoms with Crippen molar-refractivity contribution in [3.8, 4) is 11.5 Å². The van der Waals surface area contributed by atoms with Crippen LogP contribution in [0.5, 0.6) is 11.5 Å². The quantitative estimate of drug-likeness (QED) is 0.596. The minimum atomic E-state index is -0.961. The number of hydrogen-bond donors (Lipinski definition) is 1. The van der Waals surface area contributed by atoms with Crippen LogP contribution < -0.4 is 9.47 Å². The van der Waals surface area contributed by atoms with E-state index in [0.29, 0.717) is 25.6 Å². The van der Waals surface area contributed by atoms with Crippen molar-refractivity contribution in [1.82, 2.24) is 0 Å². The van der Waals surface area contributed by atoms with Gasteiger partial charge in [0.25, 0.3) is 0 Å². The number of carboxylic acid groups (broad SMARTS) is 1. The third kappa shape index (κ3) is 6.61. The fourth-order valence-electron chi connectivity index (χ4n) is 2.73. The molecule has 0 aliphatic carbocycles. The predicted molar refractivity (Wildman–Crippen MR) is 105 cm³/mol.